The number of hydrogen-bond donors (Lipinski definition) is 3. The molecule has 0 saturated heterocycles. The summed E-state index contributed by atoms with van der Waals surface area (Å²) in [4.78, 5) is 23.6. The Kier molecular flexibility index (Phi) is 4.05. The van der Waals surface area contributed by atoms with Crippen LogP contribution in [0.2, 0.25) is 0 Å². The molecule has 6 heteroatoms. The molecule has 1 aromatic carbocycles. The highest BCUT2D eigenvalue weighted by Crippen LogP contribution is 2.21. The molecule has 0 aliphatic rings. The van der Waals surface area contributed by atoms with Crippen LogP contribution < -0.4 is 5.32 Å². The van der Waals surface area contributed by atoms with E-state index in [4.69, 9.17) is 0 Å². The van der Waals surface area contributed by atoms with Crippen LogP contribution in [0.15, 0.2) is 48.9 Å². The Hall–Kier alpha value is -3.15. The topological polar surface area (TPSA) is 90.9 Å². The molecule has 116 valence electrons. The van der Waals surface area contributed by atoms with Gasteiger partial charge in [0.15, 0.2) is 0 Å². The second-order valence-electron chi connectivity index (χ2n) is 5.13. The minimum Gasteiger partial charge on any atom is -0.507 e. The van der Waals surface area contributed by atoms with Crippen molar-refractivity contribution >= 4 is 5.91 Å². The maximum Gasteiger partial charge on any atom is 0.255 e. The molecule has 1 amide bonds. The standard InChI is InChI=1S/C17H16N4O2/c1-11-3-2-4-14(15(11)22)17(23)20-10-13-9-19-16(21-13)12-5-7-18-8-6-12/h2-9,22H,10H2,1H3,(H,19,21)(H,20,23). The van der Waals surface area contributed by atoms with Gasteiger partial charge in [-0.1, -0.05) is 12.1 Å². The van der Waals surface area contributed by atoms with E-state index in [1.165, 1.54) is 0 Å². The Morgan fingerprint density at radius 2 is 2.04 bits per heavy atom. The number of rotatable bonds is 4. The zero-order chi connectivity index (χ0) is 16.2. The molecule has 6 nitrogen and oxygen atoms in total. The third kappa shape index (κ3) is 3.21. The van der Waals surface area contributed by atoms with E-state index in [1.807, 2.05) is 12.1 Å². The zero-order valence-corrected chi connectivity index (χ0v) is 12.6. The predicted octanol–water partition coefficient (Wildman–Crippen LogP) is 2.42. The molecule has 2 aromatic heterocycles. The first-order valence-corrected chi connectivity index (χ1v) is 7.16. The summed E-state index contributed by atoms with van der Waals surface area (Å²) in [6.45, 7) is 2.02. The highest BCUT2D eigenvalue weighted by atomic mass is 16.3. The lowest BCUT2D eigenvalue weighted by Gasteiger charge is -2.07. The fourth-order valence-electron chi connectivity index (χ4n) is 2.22. The Balaban J connectivity index is 1.68. The lowest BCUT2D eigenvalue weighted by Crippen LogP contribution is -2.23. The van der Waals surface area contributed by atoms with E-state index in [9.17, 15) is 9.90 Å². The number of carbonyl (C=O) groups is 1. The van der Waals surface area contributed by atoms with Gasteiger partial charge in [-0.05, 0) is 30.7 Å². The number of amides is 1. The number of aromatic nitrogens is 3. The van der Waals surface area contributed by atoms with Crippen molar-refractivity contribution in [2.24, 2.45) is 0 Å². The van der Waals surface area contributed by atoms with Crippen molar-refractivity contribution in [2.75, 3.05) is 0 Å². The van der Waals surface area contributed by atoms with Crippen LogP contribution in [0.4, 0.5) is 0 Å². The minimum atomic E-state index is -0.334. The zero-order valence-electron chi connectivity index (χ0n) is 12.6. The smallest absolute Gasteiger partial charge is 0.255 e. The molecule has 0 unspecified atom stereocenters. The number of hydrogen-bond acceptors (Lipinski definition) is 4. The Labute approximate surface area is 133 Å². The maximum atomic E-state index is 12.2. The van der Waals surface area contributed by atoms with Crippen LogP contribution >= 0.6 is 0 Å². The molecular formula is C17H16N4O2. The summed E-state index contributed by atoms with van der Waals surface area (Å²) in [6, 6.07) is 8.78. The Bertz CT molecular complexity index is 828. The van der Waals surface area contributed by atoms with E-state index >= 15 is 0 Å². The number of para-hydroxylation sites is 1. The van der Waals surface area contributed by atoms with Crippen molar-refractivity contribution in [3.8, 4) is 17.1 Å². The van der Waals surface area contributed by atoms with Crippen molar-refractivity contribution in [2.45, 2.75) is 13.5 Å². The highest BCUT2D eigenvalue weighted by Gasteiger charge is 2.12. The molecule has 0 bridgehead atoms. The number of phenols is 1. The molecular weight excluding hydrogens is 292 g/mol. The Morgan fingerprint density at radius 1 is 1.26 bits per heavy atom. The van der Waals surface area contributed by atoms with Gasteiger partial charge in [0.1, 0.15) is 11.6 Å². The van der Waals surface area contributed by atoms with Gasteiger partial charge in [-0.15, -0.1) is 0 Å². The Morgan fingerprint density at radius 3 is 2.83 bits per heavy atom. The van der Waals surface area contributed by atoms with Gasteiger partial charge in [-0.2, -0.15) is 0 Å². The number of H-pyrrole nitrogens is 1. The number of aryl methyl sites for hydroxylation is 1. The quantitative estimate of drug-likeness (QED) is 0.690. The van der Waals surface area contributed by atoms with Crippen LogP contribution in [0, 0.1) is 6.92 Å². The van der Waals surface area contributed by atoms with Crippen molar-refractivity contribution in [3.05, 3.63) is 65.7 Å². The monoisotopic (exact) mass is 308 g/mol. The number of nitrogens with one attached hydrogen (secondary N) is 2. The van der Waals surface area contributed by atoms with Crippen LogP contribution in [0.3, 0.4) is 0 Å². The summed E-state index contributed by atoms with van der Waals surface area (Å²) < 4.78 is 0. The van der Waals surface area contributed by atoms with E-state index < -0.39 is 0 Å². The molecule has 0 saturated carbocycles. The molecule has 3 aromatic rings. The second kappa shape index (κ2) is 6.31. The number of carbonyl (C=O) groups excluding carboxylic acids is 1. The van der Waals surface area contributed by atoms with E-state index in [0.29, 0.717) is 11.3 Å². The number of pyridine rings is 1. The summed E-state index contributed by atoms with van der Waals surface area (Å²) >= 11 is 0. The number of benzene rings is 1. The summed E-state index contributed by atoms with van der Waals surface area (Å²) in [6.07, 6.45) is 5.13. The first kappa shape index (κ1) is 14.8. The summed E-state index contributed by atoms with van der Waals surface area (Å²) in [5, 5.41) is 12.7. The van der Waals surface area contributed by atoms with Crippen molar-refractivity contribution in [1.82, 2.24) is 20.3 Å². The van der Waals surface area contributed by atoms with Crippen molar-refractivity contribution in [3.63, 3.8) is 0 Å². The third-order valence-electron chi connectivity index (χ3n) is 3.50. The van der Waals surface area contributed by atoms with Gasteiger partial charge in [0.25, 0.3) is 5.91 Å². The molecule has 0 fully saturated rings. The number of aromatic hydroxyl groups is 1. The van der Waals surface area contributed by atoms with Gasteiger partial charge < -0.3 is 15.4 Å². The first-order chi connectivity index (χ1) is 11.1. The molecule has 3 rings (SSSR count). The summed E-state index contributed by atoms with van der Waals surface area (Å²) in [5.41, 5.74) is 2.55. The summed E-state index contributed by atoms with van der Waals surface area (Å²) in [5.74, 6) is 0.388. The number of nitrogens with zero attached hydrogens (tertiary/aromatic N) is 2. The van der Waals surface area contributed by atoms with E-state index in [2.05, 4.69) is 20.3 Å². The van der Waals surface area contributed by atoms with E-state index in [0.717, 1.165) is 11.4 Å². The molecule has 3 N–H and O–H groups in total. The summed E-state index contributed by atoms with van der Waals surface area (Å²) in [7, 11) is 0. The number of phenolic OH excluding ortho intramolecular Hbond substituents is 1. The minimum absolute atomic E-state index is 0.00417. The van der Waals surface area contributed by atoms with Crippen molar-refractivity contribution < 1.29 is 9.90 Å². The van der Waals surface area contributed by atoms with E-state index in [-0.39, 0.29) is 23.8 Å². The molecule has 23 heavy (non-hydrogen) atoms. The van der Waals surface area contributed by atoms with Gasteiger partial charge in [0, 0.05) is 24.2 Å². The van der Waals surface area contributed by atoms with Crippen molar-refractivity contribution in [1.29, 1.82) is 0 Å². The molecule has 0 atom stereocenters. The molecule has 2 heterocycles. The van der Waals surface area contributed by atoms with Crippen LogP contribution in [0.5, 0.6) is 5.75 Å². The average Bonchev–Trinajstić information content (AvgIpc) is 3.05. The molecule has 0 aliphatic heterocycles. The van der Waals surface area contributed by atoms with Gasteiger partial charge >= 0.3 is 0 Å². The maximum absolute atomic E-state index is 12.2. The van der Waals surface area contributed by atoms with Crippen LogP contribution in [0.1, 0.15) is 21.6 Å². The molecule has 0 aliphatic carbocycles. The fourth-order valence-corrected chi connectivity index (χ4v) is 2.22. The normalized spacial score (nSPS) is 10.5. The lowest BCUT2D eigenvalue weighted by atomic mass is 10.1. The van der Waals surface area contributed by atoms with Crippen LogP contribution in [-0.2, 0) is 6.54 Å². The lowest BCUT2D eigenvalue weighted by molar-refractivity contribution is 0.0947. The number of aromatic amines is 1. The van der Waals surface area contributed by atoms with Crippen LogP contribution in [0.25, 0.3) is 11.4 Å². The van der Waals surface area contributed by atoms with Gasteiger partial charge in [-0.25, -0.2) is 4.98 Å². The number of imidazole rings is 1. The van der Waals surface area contributed by atoms with E-state index in [1.54, 1.807) is 43.7 Å². The predicted molar refractivity (Wildman–Crippen MR) is 85.8 cm³/mol. The third-order valence-corrected chi connectivity index (χ3v) is 3.50. The van der Waals surface area contributed by atoms with Gasteiger partial charge in [-0.3, -0.25) is 9.78 Å². The molecule has 0 radical (unpaired) electrons. The van der Waals surface area contributed by atoms with Crippen LogP contribution in [-0.4, -0.2) is 26.0 Å². The van der Waals surface area contributed by atoms with Gasteiger partial charge in [0.05, 0.1) is 17.8 Å². The first-order valence-electron chi connectivity index (χ1n) is 7.16. The fraction of sp³-hybridized carbons (Fsp3) is 0.118. The molecule has 0 spiro atoms. The highest BCUT2D eigenvalue weighted by molar-refractivity contribution is 5.97. The SMILES string of the molecule is Cc1cccc(C(=O)NCc2c[nH]c(-c3ccncc3)n2)c1O. The largest absolute Gasteiger partial charge is 0.507 e. The second-order valence-corrected chi connectivity index (χ2v) is 5.13. The average molecular weight is 308 g/mol. The van der Waals surface area contributed by atoms with Gasteiger partial charge in [0.2, 0.25) is 0 Å².